The smallest absolute Gasteiger partial charge is 0.106 e. The summed E-state index contributed by atoms with van der Waals surface area (Å²) in [5.74, 6) is 0. The van der Waals surface area contributed by atoms with Gasteiger partial charge in [0.15, 0.2) is 0 Å². The van der Waals surface area contributed by atoms with Crippen molar-refractivity contribution in [1.82, 2.24) is 10.3 Å². The predicted octanol–water partition coefficient (Wildman–Crippen LogP) is -0.0240. The van der Waals surface area contributed by atoms with E-state index in [9.17, 15) is 10.2 Å². The van der Waals surface area contributed by atoms with Crippen molar-refractivity contribution in [2.24, 2.45) is 0 Å². The third-order valence-corrected chi connectivity index (χ3v) is 2.54. The highest BCUT2D eigenvalue weighted by atomic mass is 16.3. The van der Waals surface area contributed by atoms with Crippen molar-refractivity contribution in [3.05, 3.63) is 23.5 Å². The molecule has 0 aliphatic rings. The Morgan fingerprint density at radius 3 is 2.75 bits per heavy atom. The second-order valence-corrected chi connectivity index (χ2v) is 3.85. The largest absolute Gasteiger partial charge is 0.397 e. The van der Waals surface area contributed by atoms with E-state index in [0.29, 0.717) is 24.2 Å². The molecular formula is C11H19N3O2. The Bertz CT molecular complexity index is 344. The molecule has 0 aromatic carbocycles. The van der Waals surface area contributed by atoms with Crippen LogP contribution in [0.15, 0.2) is 12.3 Å². The zero-order chi connectivity index (χ0) is 12.1. The molecule has 5 N–H and O–H groups in total. The molecule has 0 bridgehead atoms. The van der Waals surface area contributed by atoms with Gasteiger partial charge in [0.1, 0.15) is 6.10 Å². The number of aryl methyl sites for hydroxylation is 1. The number of nitrogens with one attached hydrogen (secondary N) is 1. The number of aromatic nitrogens is 1. The van der Waals surface area contributed by atoms with Crippen LogP contribution in [-0.2, 0) is 0 Å². The fourth-order valence-electron chi connectivity index (χ4n) is 1.40. The van der Waals surface area contributed by atoms with E-state index in [1.807, 2.05) is 0 Å². The van der Waals surface area contributed by atoms with Crippen LogP contribution in [0, 0.1) is 6.92 Å². The number of aliphatic hydroxyl groups is 2. The molecule has 16 heavy (non-hydrogen) atoms. The van der Waals surface area contributed by atoms with Crippen molar-refractivity contribution < 1.29 is 10.2 Å². The number of rotatable bonds is 5. The molecule has 2 atom stereocenters. The standard InChI is InChI=1S/C11H19N3O2/c1-7-9(12)5-8(6-14-7)11(16)10(15)3-4-13-2/h5-6,10-11,13,15-16H,3-4,12H2,1-2H3. The summed E-state index contributed by atoms with van der Waals surface area (Å²) in [6.45, 7) is 2.44. The number of anilines is 1. The number of nitrogens with zero attached hydrogens (tertiary/aromatic N) is 1. The average molecular weight is 225 g/mol. The number of nitrogens with two attached hydrogens (primary N) is 1. The highest BCUT2D eigenvalue weighted by Crippen LogP contribution is 2.21. The molecule has 5 nitrogen and oxygen atoms in total. The van der Waals surface area contributed by atoms with Crippen LogP contribution in [0.5, 0.6) is 0 Å². The van der Waals surface area contributed by atoms with E-state index >= 15 is 0 Å². The molecule has 0 aliphatic carbocycles. The van der Waals surface area contributed by atoms with E-state index in [4.69, 9.17) is 5.73 Å². The molecule has 0 fully saturated rings. The van der Waals surface area contributed by atoms with Crippen molar-refractivity contribution >= 4 is 5.69 Å². The number of hydrogen-bond acceptors (Lipinski definition) is 5. The lowest BCUT2D eigenvalue weighted by molar-refractivity contribution is 0.0139. The lowest BCUT2D eigenvalue weighted by Crippen LogP contribution is -2.23. The van der Waals surface area contributed by atoms with Crippen LogP contribution in [-0.4, -0.2) is 34.9 Å². The van der Waals surface area contributed by atoms with Crippen LogP contribution in [0.2, 0.25) is 0 Å². The summed E-state index contributed by atoms with van der Waals surface area (Å²) in [6, 6.07) is 1.65. The summed E-state index contributed by atoms with van der Waals surface area (Å²) in [7, 11) is 1.80. The van der Waals surface area contributed by atoms with Gasteiger partial charge in [0.25, 0.3) is 0 Å². The summed E-state index contributed by atoms with van der Waals surface area (Å²) in [6.07, 6.45) is 0.268. The van der Waals surface area contributed by atoms with Gasteiger partial charge in [-0.3, -0.25) is 4.98 Å². The molecule has 5 heteroatoms. The second kappa shape index (κ2) is 5.79. The molecule has 0 saturated heterocycles. The third-order valence-electron chi connectivity index (χ3n) is 2.54. The van der Waals surface area contributed by atoms with Crippen LogP contribution >= 0.6 is 0 Å². The summed E-state index contributed by atoms with van der Waals surface area (Å²) in [5.41, 5.74) is 7.49. The Morgan fingerprint density at radius 1 is 1.50 bits per heavy atom. The quantitative estimate of drug-likeness (QED) is 0.565. The van der Waals surface area contributed by atoms with Gasteiger partial charge in [-0.25, -0.2) is 0 Å². The maximum absolute atomic E-state index is 9.86. The van der Waals surface area contributed by atoms with Crippen molar-refractivity contribution in [3.63, 3.8) is 0 Å². The summed E-state index contributed by atoms with van der Waals surface area (Å²) >= 11 is 0. The Labute approximate surface area is 95.3 Å². The maximum Gasteiger partial charge on any atom is 0.106 e. The Hall–Kier alpha value is -1.17. The lowest BCUT2D eigenvalue weighted by Gasteiger charge is -2.18. The summed E-state index contributed by atoms with van der Waals surface area (Å²) in [5, 5.41) is 22.5. The van der Waals surface area contributed by atoms with E-state index in [2.05, 4.69) is 10.3 Å². The maximum atomic E-state index is 9.86. The van der Waals surface area contributed by atoms with E-state index in [1.54, 1.807) is 26.2 Å². The van der Waals surface area contributed by atoms with Gasteiger partial charge in [-0.15, -0.1) is 0 Å². The number of nitrogen functional groups attached to an aromatic ring is 1. The van der Waals surface area contributed by atoms with Gasteiger partial charge in [-0.05, 0) is 33.0 Å². The Kier molecular flexibility index (Phi) is 4.67. The molecule has 0 amide bonds. The van der Waals surface area contributed by atoms with Gasteiger partial charge in [-0.2, -0.15) is 0 Å². The van der Waals surface area contributed by atoms with E-state index in [-0.39, 0.29) is 0 Å². The van der Waals surface area contributed by atoms with Crippen molar-refractivity contribution in [2.75, 3.05) is 19.3 Å². The van der Waals surface area contributed by atoms with Crippen LogP contribution in [0.4, 0.5) is 5.69 Å². The number of aliphatic hydroxyl groups excluding tert-OH is 2. The minimum absolute atomic E-state index is 0.478. The lowest BCUT2D eigenvalue weighted by atomic mass is 10.0. The van der Waals surface area contributed by atoms with Gasteiger partial charge in [0, 0.05) is 11.8 Å². The Morgan fingerprint density at radius 2 is 2.19 bits per heavy atom. The molecule has 1 aromatic rings. The van der Waals surface area contributed by atoms with Gasteiger partial charge in [0.2, 0.25) is 0 Å². The van der Waals surface area contributed by atoms with E-state index < -0.39 is 12.2 Å². The van der Waals surface area contributed by atoms with Gasteiger partial charge < -0.3 is 21.3 Å². The first-order chi connectivity index (χ1) is 7.56. The first-order valence-corrected chi connectivity index (χ1v) is 5.29. The van der Waals surface area contributed by atoms with Gasteiger partial charge >= 0.3 is 0 Å². The minimum atomic E-state index is -0.941. The van der Waals surface area contributed by atoms with Crippen molar-refractivity contribution in [3.8, 4) is 0 Å². The first-order valence-electron chi connectivity index (χ1n) is 5.29. The second-order valence-electron chi connectivity index (χ2n) is 3.85. The van der Waals surface area contributed by atoms with E-state index in [0.717, 1.165) is 5.69 Å². The molecule has 2 unspecified atom stereocenters. The zero-order valence-electron chi connectivity index (χ0n) is 9.64. The molecule has 1 heterocycles. The molecule has 0 radical (unpaired) electrons. The monoisotopic (exact) mass is 225 g/mol. The van der Waals surface area contributed by atoms with Crippen LogP contribution in [0.25, 0.3) is 0 Å². The number of hydrogen-bond donors (Lipinski definition) is 4. The molecule has 90 valence electrons. The Balaban J connectivity index is 2.71. The normalized spacial score (nSPS) is 14.8. The molecule has 1 aromatic heterocycles. The SMILES string of the molecule is CNCCC(O)C(O)c1cnc(C)c(N)c1. The first kappa shape index (κ1) is 12.9. The number of pyridine rings is 1. The van der Waals surface area contributed by atoms with Crippen molar-refractivity contribution in [2.45, 2.75) is 25.6 Å². The highest BCUT2D eigenvalue weighted by Gasteiger charge is 2.18. The topological polar surface area (TPSA) is 91.4 Å². The van der Waals surface area contributed by atoms with Crippen LogP contribution < -0.4 is 11.1 Å². The fourth-order valence-corrected chi connectivity index (χ4v) is 1.40. The van der Waals surface area contributed by atoms with Crippen LogP contribution in [0.1, 0.15) is 23.8 Å². The minimum Gasteiger partial charge on any atom is -0.397 e. The van der Waals surface area contributed by atoms with Gasteiger partial charge in [-0.1, -0.05) is 0 Å². The van der Waals surface area contributed by atoms with Crippen molar-refractivity contribution in [1.29, 1.82) is 0 Å². The molecule has 1 rings (SSSR count). The predicted molar refractivity (Wildman–Crippen MR) is 62.9 cm³/mol. The van der Waals surface area contributed by atoms with Crippen LogP contribution in [0.3, 0.4) is 0 Å². The van der Waals surface area contributed by atoms with E-state index in [1.165, 1.54) is 0 Å². The molecule has 0 aliphatic heterocycles. The molecule has 0 saturated carbocycles. The fraction of sp³-hybridized carbons (Fsp3) is 0.545. The highest BCUT2D eigenvalue weighted by molar-refractivity contribution is 5.44. The average Bonchev–Trinajstić information content (AvgIpc) is 2.28. The summed E-state index contributed by atoms with van der Waals surface area (Å²) < 4.78 is 0. The summed E-state index contributed by atoms with van der Waals surface area (Å²) in [4.78, 5) is 4.05. The van der Waals surface area contributed by atoms with Gasteiger partial charge in [0.05, 0.1) is 17.5 Å². The third kappa shape index (κ3) is 3.16. The molecule has 0 spiro atoms. The molecular weight excluding hydrogens is 206 g/mol. The zero-order valence-corrected chi connectivity index (χ0v) is 9.64.